The number of piperazine rings is 1. The lowest BCUT2D eigenvalue weighted by molar-refractivity contribution is -0.134. The lowest BCUT2D eigenvalue weighted by atomic mass is 10.1. The van der Waals surface area contributed by atoms with Gasteiger partial charge in [0.25, 0.3) is 5.91 Å². The van der Waals surface area contributed by atoms with Crippen LogP contribution in [0.15, 0.2) is 30.5 Å². The molecule has 2 aromatic rings. The summed E-state index contributed by atoms with van der Waals surface area (Å²) >= 11 is 0. The van der Waals surface area contributed by atoms with Crippen molar-refractivity contribution in [2.24, 2.45) is 7.05 Å². The molecular formula is C22H27N3O4. The first-order chi connectivity index (χ1) is 13.8. The van der Waals surface area contributed by atoms with E-state index in [4.69, 9.17) is 4.74 Å². The highest BCUT2D eigenvalue weighted by molar-refractivity contribution is 5.98. The summed E-state index contributed by atoms with van der Waals surface area (Å²) in [5, 5.41) is 0. The molecule has 0 aliphatic carbocycles. The number of Topliss-reactive ketones (excluding diaryl/α,β-unsaturated/α-hetero) is 1. The van der Waals surface area contributed by atoms with Gasteiger partial charge in [-0.05, 0) is 44.0 Å². The number of benzene rings is 1. The molecule has 0 spiro atoms. The lowest BCUT2D eigenvalue weighted by Gasteiger charge is -2.37. The van der Waals surface area contributed by atoms with E-state index < -0.39 is 5.97 Å². The molecule has 0 saturated carbocycles. The summed E-state index contributed by atoms with van der Waals surface area (Å²) in [5.41, 5.74) is 4.40. The van der Waals surface area contributed by atoms with Gasteiger partial charge in [-0.2, -0.15) is 0 Å². The SMILES string of the molecule is CC(=O)c1cc(C(=O)OCC(=O)N2CCN(c3cccc(C)c3C)CC2)n(C)c1. The van der Waals surface area contributed by atoms with Crippen molar-refractivity contribution in [3.63, 3.8) is 0 Å². The number of hydrogen-bond acceptors (Lipinski definition) is 5. The summed E-state index contributed by atoms with van der Waals surface area (Å²) in [7, 11) is 1.66. The predicted octanol–water partition coefficient (Wildman–Crippen LogP) is 2.35. The zero-order chi connectivity index (χ0) is 21.1. The van der Waals surface area contributed by atoms with Gasteiger partial charge in [0.05, 0.1) is 0 Å². The van der Waals surface area contributed by atoms with E-state index in [0.717, 1.165) is 13.1 Å². The van der Waals surface area contributed by atoms with Crippen molar-refractivity contribution in [1.82, 2.24) is 9.47 Å². The highest BCUT2D eigenvalue weighted by Gasteiger charge is 2.24. The minimum Gasteiger partial charge on any atom is -0.451 e. The number of aromatic nitrogens is 1. The fourth-order valence-corrected chi connectivity index (χ4v) is 3.53. The molecule has 1 saturated heterocycles. The van der Waals surface area contributed by atoms with Crippen molar-refractivity contribution in [3.05, 3.63) is 52.8 Å². The molecule has 3 rings (SSSR count). The van der Waals surface area contributed by atoms with E-state index in [1.165, 1.54) is 34.4 Å². The van der Waals surface area contributed by atoms with Crippen molar-refractivity contribution in [2.45, 2.75) is 20.8 Å². The predicted molar refractivity (Wildman–Crippen MR) is 110 cm³/mol. The number of carbonyl (C=O) groups is 3. The van der Waals surface area contributed by atoms with Gasteiger partial charge in [0, 0.05) is 50.7 Å². The summed E-state index contributed by atoms with van der Waals surface area (Å²) in [5.74, 6) is -0.945. The average molecular weight is 397 g/mol. The van der Waals surface area contributed by atoms with Crippen LogP contribution in [0.1, 0.15) is 38.9 Å². The van der Waals surface area contributed by atoms with E-state index >= 15 is 0 Å². The first-order valence-electron chi connectivity index (χ1n) is 9.71. The third-order valence-corrected chi connectivity index (χ3v) is 5.50. The van der Waals surface area contributed by atoms with Gasteiger partial charge in [-0.25, -0.2) is 4.79 Å². The van der Waals surface area contributed by atoms with E-state index in [0.29, 0.717) is 18.7 Å². The number of ketones is 1. The quantitative estimate of drug-likeness (QED) is 0.572. The Bertz CT molecular complexity index is 940. The number of hydrogen-bond donors (Lipinski definition) is 0. The summed E-state index contributed by atoms with van der Waals surface area (Å²) < 4.78 is 6.72. The summed E-state index contributed by atoms with van der Waals surface area (Å²) in [6.07, 6.45) is 1.58. The smallest absolute Gasteiger partial charge is 0.355 e. The van der Waals surface area contributed by atoms with Crippen LogP contribution in [0.25, 0.3) is 0 Å². The molecule has 2 heterocycles. The Labute approximate surface area is 170 Å². The molecule has 7 heteroatoms. The molecule has 0 bridgehead atoms. The lowest BCUT2D eigenvalue weighted by Crippen LogP contribution is -2.50. The number of amides is 1. The second-order valence-electron chi connectivity index (χ2n) is 7.44. The number of esters is 1. The molecule has 1 aliphatic rings. The second-order valence-corrected chi connectivity index (χ2v) is 7.44. The Kier molecular flexibility index (Phi) is 6.06. The third kappa shape index (κ3) is 4.50. The van der Waals surface area contributed by atoms with Crippen molar-refractivity contribution < 1.29 is 19.1 Å². The number of rotatable bonds is 5. The number of nitrogens with zero attached hydrogens (tertiary/aromatic N) is 3. The molecule has 1 fully saturated rings. The van der Waals surface area contributed by atoms with Crippen LogP contribution in [0.5, 0.6) is 0 Å². The first-order valence-corrected chi connectivity index (χ1v) is 9.71. The Morgan fingerprint density at radius 3 is 2.38 bits per heavy atom. The molecule has 1 aromatic heterocycles. The third-order valence-electron chi connectivity index (χ3n) is 5.50. The molecule has 0 atom stereocenters. The molecule has 29 heavy (non-hydrogen) atoms. The zero-order valence-electron chi connectivity index (χ0n) is 17.4. The van der Waals surface area contributed by atoms with E-state index in [1.54, 1.807) is 18.1 Å². The minimum absolute atomic E-state index is 0.127. The van der Waals surface area contributed by atoms with Crippen LogP contribution in [0.4, 0.5) is 5.69 Å². The molecule has 7 nitrogen and oxygen atoms in total. The Morgan fingerprint density at radius 1 is 1.07 bits per heavy atom. The van der Waals surface area contributed by atoms with Crippen molar-refractivity contribution in [1.29, 1.82) is 0 Å². The fraction of sp³-hybridized carbons (Fsp3) is 0.409. The summed E-state index contributed by atoms with van der Waals surface area (Å²) in [4.78, 5) is 40.2. The van der Waals surface area contributed by atoms with Crippen molar-refractivity contribution in [2.75, 3.05) is 37.7 Å². The van der Waals surface area contributed by atoms with E-state index in [-0.39, 0.29) is 24.0 Å². The average Bonchev–Trinajstić information content (AvgIpc) is 3.10. The van der Waals surface area contributed by atoms with Crippen molar-refractivity contribution in [3.8, 4) is 0 Å². The zero-order valence-corrected chi connectivity index (χ0v) is 17.4. The highest BCUT2D eigenvalue weighted by Crippen LogP contribution is 2.23. The second kappa shape index (κ2) is 8.51. The summed E-state index contributed by atoms with van der Waals surface area (Å²) in [6, 6.07) is 7.74. The van der Waals surface area contributed by atoms with Gasteiger partial charge >= 0.3 is 5.97 Å². The van der Waals surface area contributed by atoms with E-state index in [9.17, 15) is 14.4 Å². The van der Waals surface area contributed by atoms with Gasteiger partial charge in [0.1, 0.15) is 5.69 Å². The highest BCUT2D eigenvalue weighted by atomic mass is 16.5. The van der Waals surface area contributed by atoms with Gasteiger partial charge in [-0.1, -0.05) is 12.1 Å². The van der Waals surface area contributed by atoms with Gasteiger partial charge in [-0.3, -0.25) is 9.59 Å². The number of anilines is 1. The normalized spacial score (nSPS) is 14.1. The largest absolute Gasteiger partial charge is 0.451 e. The molecule has 0 radical (unpaired) electrons. The van der Waals surface area contributed by atoms with Crippen LogP contribution in [-0.2, 0) is 16.6 Å². The van der Waals surface area contributed by atoms with Crippen LogP contribution in [0, 0.1) is 13.8 Å². The molecular weight excluding hydrogens is 370 g/mol. The number of carbonyl (C=O) groups excluding carboxylic acids is 3. The van der Waals surface area contributed by atoms with Crippen LogP contribution in [-0.4, -0.2) is 59.9 Å². The van der Waals surface area contributed by atoms with E-state index in [2.05, 4.69) is 36.9 Å². The fourth-order valence-electron chi connectivity index (χ4n) is 3.53. The Morgan fingerprint density at radius 2 is 1.76 bits per heavy atom. The first kappa shape index (κ1) is 20.6. The van der Waals surface area contributed by atoms with Gasteiger partial charge in [0.15, 0.2) is 12.4 Å². The van der Waals surface area contributed by atoms with E-state index in [1.807, 2.05) is 0 Å². The Balaban J connectivity index is 1.53. The maximum atomic E-state index is 12.5. The molecule has 1 aromatic carbocycles. The molecule has 0 N–H and O–H groups in total. The minimum atomic E-state index is -0.609. The summed E-state index contributed by atoms with van der Waals surface area (Å²) in [6.45, 7) is 7.99. The van der Waals surface area contributed by atoms with Gasteiger partial charge < -0.3 is 19.1 Å². The maximum absolute atomic E-state index is 12.5. The Hall–Kier alpha value is -3.09. The standard InChI is InChI=1S/C22H27N3O4/c1-15-6-5-7-19(16(15)2)24-8-10-25(11-9-24)21(27)14-29-22(28)20-12-18(17(3)26)13-23(20)4/h5-7,12-13H,8-11,14H2,1-4H3. The molecule has 0 unspecified atom stereocenters. The van der Waals surface area contributed by atoms with Crippen LogP contribution in [0.3, 0.4) is 0 Å². The molecule has 154 valence electrons. The number of aryl methyl sites for hydroxylation is 2. The van der Waals surface area contributed by atoms with Crippen LogP contribution in [0.2, 0.25) is 0 Å². The number of ether oxygens (including phenoxy) is 1. The topological polar surface area (TPSA) is 71.8 Å². The molecule has 1 amide bonds. The van der Waals surface area contributed by atoms with Crippen LogP contribution >= 0.6 is 0 Å². The van der Waals surface area contributed by atoms with Gasteiger partial charge in [0.2, 0.25) is 0 Å². The van der Waals surface area contributed by atoms with Gasteiger partial charge in [-0.15, -0.1) is 0 Å². The monoisotopic (exact) mass is 397 g/mol. The maximum Gasteiger partial charge on any atom is 0.355 e. The van der Waals surface area contributed by atoms with Crippen LogP contribution < -0.4 is 4.90 Å². The molecule has 1 aliphatic heterocycles. The van der Waals surface area contributed by atoms with Crippen molar-refractivity contribution >= 4 is 23.3 Å².